The molecule has 0 spiro atoms. The van der Waals surface area contributed by atoms with E-state index in [0.717, 1.165) is 5.92 Å². The second-order valence-electron chi connectivity index (χ2n) is 3.22. The summed E-state index contributed by atoms with van der Waals surface area (Å²) in [5.74, 6) is 0.767. The van der Waals surface area contributed by atoms with Crippen molar-refractivity contribution in [3.63, 3.8) is 0 Å². The molecular weight excluding hydrogens is 205 g/mol. The first-order valence-corrected chi connectivity index (χ1v) is 5.64. The quantitative estimate of drug-likeness (QED) is 0.579. The summed E-state index contributed by atoms with van der Waals surface area (Å²) in [6.45, 7) is 2.52. The van der Waals surface area contributed by atoms with E-state index >= 15 is 0 Å². The van der Waals surface area contributed by atoms with Gasteiger partial charge in [-0.25, -0.2) is 0 Å². The van der Waals surface area contributed by atoms with Crippen LogP contribution in [0.5, 0.6) is 0 Å². The third-order valence-corrected chi connectivity index (χ3v) is 4.35. The molecule has 2 bridgehead atoms. The van der Waals surface area contributed by atoms with E-state index in [0.29, 0.717) is 14.7 Å². The second-order valence-corrected chi connectivity index (χ2v) is 4.76. The van der Waals surface area contributed by atoms with Gasteiger partial charge >= 0.3 is 70.9 Å². The van der Waals surface area contributed by atoms with E-state index in [9.17, 15) is 0 Å². The number of aromatic nitrogens is 2. The Labute approximate surface area is 71.4 Å². The van der Waals surface area contributed by atoms with Crippen molar-refractivity contribution in [3.8, 4) is 0 Å². The molecule has 4 rings (SSSR count). The molecule has 0 N–H and O–H groups in total. The number of fused-ring (bicyclic) bond motifs is 2. The number of anilines is 1. The zero-order chi connectivity index (χ0) is 7.26. The van der Waals surface area contributed by atoms with Crippen LogP contribution in [0.2, 0.25) is 0 Å². The summed E-state index contributed by atoms with van der Waals surface area (Å²) in [4.78, 5) is 2.48. The minimum atomic E-state index is 0.328. The van der Waals surface area contributed by atoms with Gasteiger partial charge in [0.1, 0.15) is 0 Å². The van der Waals surface area contributed by atoms with Crippen molar-refractivity contribution >= 4 is 19.3 Å². The molecule has 0 unspecified atom stereocenters. The SMILES string of the molecule is C1CN2CCC1c1nn[se]c12. The topological polar surface area (TPSA) is 29.0 Å². The fraction of sp³-hybridized carbons (Fsp3) is 0.714. The van der Waals surface area contributed by atoms with Gasteiger partial charge in [0, 0.05) is 0 Å². The molecule has 0 saturated carbocycles. The van der Waals surface area contributed by atoms with Crippen molar-refractivity contribution in [2.24, 2.45) is 0 Å². The fourth-order valence-corrected chi connectivity index (χ4v) is 3.71. The zero-order valence-electron chi connectivity index (χ0n) is 6.16. The standard InChI is InChI=1S/C7H9N3Se/c1-3-10-4-2-5(1)6-7(10)11-9-8-6/h5H,1-4H2. The molecule has 1 aromatic rings. The van der Waals surface area contributed by atoms with Crippen molar-refractivity contribution < 1.29 is 0 Å². The molecule has 1 saturated heterocycles. The maximum absolute atomic E-state index is 4.23. The third-order valence-electron chi connectivity index (χ3n) is 2.66. The molecule has 4 heteroatoms. The average molecular weight is 214 g/mol. The number of hydrogen-bond donors (Lipinski definition) is 0. The van der Waals surface area contributed by atoms with Crippen molar-refractivity contribution in [1.82, 2.24) is 9.19 Å². The number of piperidine rings is 1. The molecule has 0 aliphatic carbocycles. The molecule has 1 aromatic heterocycles. The molecular formula is C7H9N3Se. The summed E-state index contributed by atoms with van der Waals surface area (Å²) in [7, 11) is 0. The third kappa shape index (κ3) is 0.741. The number of hydrogen-bond acceptors (Lipinski definition) is 3. The monoisotopic (exact) mass is 215 g/mol. The molecule has 0 atom stereocenters. The Bertz CT molecular complexity index is 248. The van der Waals surface area contributed by atoms with Gasteiger partial charge in [-0.3, -0.25) is 0 Å². The molecule has 0 amide bonds. The summed E-state index contributed by atoms with van der Waals surface area (Å²) in [5, 5.41) is 4.23. The van der Waals surface area contributed by atoms with Gasteiger partial charge in [0.2, 0.25) is 0 Å². The predicted octanol–water partition coefficient (Wildman–Crippen LogP) is 0.231. The van der Waals surface area contributed by atoms with Gasteiger partial charge in [-0.05, 0) is 0 Å². The molecule has 0 radical (unpaired) electrons. The molecule has 3 aliphatic heterocycles. The van der Waals surface area contributed by atoms with Gasteiger partial charge in [-0.15, -0.1) is 0 Å². The van der Waals surface area contributed by atoms with Gasteiger partial charge in [0.05, 0.1) is 0 Å². The normalized spacial score (nSPS) is 22.4. The fourth-order valence-electron chi connectivity index (χ4n) is 2.02. The maximum atomic E-state index is 4.23. The van der Waals surface area contributed by atoms with Gasteiger partial charge in [-0.2, -0.15) is 0 Å². The summed E-state index contributed by atoms with van der Waals surface area (Å²) in [5.41, 5.74) is 1.34. The van der Waals surface area contributed by atoms with E-state index in [1.54, 1.807) is 0 Å². The number of rotatable bonds is 0. The van der Waals surface area contributed by atoms with Crippen LogP contribution in [0.4, 0.5) is 4.56 Å². The van der Waals surface area contributed by atoms with Crippen molar-refractivity contribution in [1.29, 1.82) is 0 Å². The first-order chi connectivity index (χ1) is 5.45. The predicted molar refractivity (Wildman–Crippen MR) is 43.2 cm³/mol. The molecule has 1 fully saturated rings. The van der Waals surface area contributed by atoms with Gasteiger partial charge < -0.3 is 0 Å². The Hall–Kier alpha value is -0.341. The molecule has 11 heavy (non-hydrogen) atoms. The van der Waals surface area contributed by atoms with Crippen LogP contribution in [-0.4, -0.2) is 37.0 Å². The molecule has 4 heterocycles. The van der Waals surface area contributed by atoms with E-state index in [1.165, 1.54) is 36.2 Å². The average Bonchev–Trinajstić information content (AvgIpc) is 2.55. The van der Waals surface area contributed by atoms with Crippen LogP contribution in [0.25, 0.3) is 0 Å². The molecule has 58 valence electrons. The van der Waals surface area contributed by atoms with E-state index < -0.39 is 0 Å². The minimum absolute atomic E-state index is 0.328. The Balaban J connectivity index is 2.19. The van der Waals surface area contributed by atoms with E-state index in [-0.39, 0.29) is 0 Å². The van der Waals surface area contributed by atoms with Crippen LogP contribution >= 0.6 is 0 Å². The van der Waals surface area contributed by atoms with Crippen LogP contribution in [-0.2, 0) is 0 Å². The summed E-state index contributed by atoms with van der Waals surface area (Å²) >= 11 is 0.328. The molecule has 0 aromatic carbocycles. The first-order valence-electron chi connectivity index (χ1n) is 4.02. The van der Waals surface area contributed by atoms with Crippen molar-refractivity contribution in [3.05, 3.63) is 5.69 Å². The zero-order valence-corrected chi connectivity index (χ0v) is 7.87. The number of nitrogens with zero attached hydrogens (tertiary/aromatic N) is 3. The Morgan fingerprint density at radius 3 is 2.91 bits per heavy atom. The summed E-state index contributed by atoms with van der Waals surface area (Å²) < 4.78 is 5.63. The van der Waals surface area contributed by atoms with Gasteiger partial charge in [0.15, 0.2) is 0 Å². The van der Waals surface area contributed by atoms with E-state index in [1.807, 2.05) is 0 Å². The molecule has 3 aliphatic rings. The Morgan fingerprint density at radius 1 is 1.36 bits per heavy atom. The summed E-state index contributed by atoms with van der Waals surface area (Å²) in [6.07, 6.45) is 2.63. The van der Waals surface area contributed by atoms with Crippen LogP contribution in [0.1, 0.15) is 24.5 Å². The van der Waals surface area contributed by atoms with Crippen molar-refractivity contribution in [2.75, 3.05) is 18.0 Å². The van der Waals surface area contributed by atoms with Crippen LogP contribution < -0.4 is 4.90 Å². The molecule has 3 nitrogen and oxygen atoms in total. The van der Waals surface area contributed by atoms with E-state index in [2.05, 4.69) is 14.1 Å². The summed E-state index contributed by atoms with van der Waals surface area (Å²) in [6, 6.07) is 0. The van der Waals surface area contributed by atoms with Gasteiger partial charge in [0.25, 0.3) is 0 Å². The van der Waals surface area contributed by atoms with Crippen LogP contribution in [0.15, 0.2) is 0 Å². The first kappa shape index (κ1) is 6.21. The Kier molecular flexibility index (Phi) is 1.17. The van der Waals surface area contributed by atoms with E-state index in [4.69, 9.17) is 0 Å². The van der Waals surface area contributed by atoms with Crippen LogP contribution in [0, 0.1) is 0 Å². The van der Waals surface area contributed by atoms with Crippen molar-refractivity contribution in [2.45, 2.75) is 18.8 Å². The van der Waals surface area contributed by atoms with Gasteiger partial charge in [-0.1, -0.05) is 0 Å². The second kappa shape index (κ2) is 2.08. The Morgan fingerprint density at radius 2 is 2.18 bits per heavy atom. The van der Waals surface area contributed by atoms with Crippen LogP contribution in [0.3, 0.4) is 0 Å².